The first-order valence-corrected chi connectivity index (χ1v) is 18.6. The molecule has 9 aromatic rings. The third-order valence-electron chi connectivity index (χ3n) is 11.4. The van der Waals surface area contributed by atoms with Crippen LogP contribution in [-0.2, 0) is 5.41 Å². The molecule has 2 aliphatic rings. The van der Waals surface area contributed by atoms with Crippen molar-refractivity contribution in [3.8, 4) is 78.4 Å². The van der Waals surface area contributed by atoms with Crippen LogP contribution in [0.3, 0.4) is 0 Å². The molecule has 0 radical (unpaired) electrons. The molecule has 3 heterocycles. The van der Waals surface area contributed by atoms with Crippen molar-refractivity contribution in [2.45, 2.75) is 5.41 Å². The number of rotatable bonds is 4. The number of benzene rings is 6. The summed E-state index contributed by atoms with van der Waals surface area (Å²) in [5, 5.41) is 0. The summed E-state index contributed by atoms with van der Waals surface area (Å²) in [6.07, 6.45) is 7.27. The lowest BCUT2D eigenvalue weighted by Gasteiger charge is -2.35. The van der Waals surface area contributed by atoms with Crippen LogP contribution < -0.4 is 0 Å². The van der Waals surface area contributed by atoms with Crippen molar-refractivity contribution in [3.05, 3.63) is 217 Å². The minimum Gasteiger partial charge on any atom is -0.265 e. The molecule has 0 saturated carbocycles. The van der Waals surface area contributed by atoms with Gasteiger partial charge in [-0.15, -0.1) is 0 Å². The lowest BCUT2D eigenvalue weighted by atomic mass is 9.65. The van der Waals surface area contributed by atoms with Gasteiger partial charge in [0, 0.05) is 41.5 Å². The van der Waals surface area contributed by atoms with Crippen molar-refractivity contribution in [3.63, 3.8) is 0 Å². The highest BCUT2D eigenvalue weighted by molar-refractivity contribution is 5.98. The summed E-state index contributed by atoms with van der Waals surface area (Å²) in [4.78, 5) is 19.0. The number of hydrogen-bond acceptors (Lipinski definition) is 4. The lowest BCUT2D eigenvalue weighted by molar-refractivity contribution is 0.775. The van der Waals surface area contributed by atoms with E-state index < -0.39 is 5.41 Å². The molecule has 0 unspecified atom stereocenters. The molecule has 4 nitrogen and oxygen atoms in total. The van der Waals surface area contributed by atoms with Crippen molar-refractivity contribution in [1.29, 1.82) is 0 Å². The van der Waals surface area contributed by atoms with Gasteiger partial charge in [-0.3, -0.25) is 9.97 Å². The third-order valence-corrected chi connectivity index (χ3v) is 11.4. The van der Waals surface area contributed by atoms with E-state index in [0.717, 1.165) is 39.2 Å². The third kappa shape index (κ3) is 4.78. The molecule has 55 heavy (non-hydrogen) atoms. The summed E-state index contributed by atoms with van der Waals surface area (Å²) in [6.45, 7) is 0. The second kappa shape index (κ2) is 12.4. The van der Waals surface area contributed by atoms with Crippen LogP contribution in [0.2, 0.25) is 0 Å². The van der Waals surface area contributed by atoms with E-state index in [1.165, 1.54) is 55.6 Å². The summed E-state index contributed by atoms with van der Waals surface area (Å²) in [6, 6.07) is 61.4. The number of hydrogen-bond donors (Lipinski definition) is 0. The SMILES string of the molecule is c1ccc2c(c1)-c1ccccc1C1(c3cc(-c4cc(-c5ccncc5)nc(-c5ccc(-c6ccncc6)cc5)n4)ccc3-2)c2ccccc2-c2ccccc21. The van der Waals surface area contributed by atoms with Crippen molar-refractivity contribution in [2.24, 2.45) is 0 Å². The minimum atomic E-state index is -0.569. The fraction of sp³-hybridized carbons (Fsp3) is 0.0196. The molecule has 4 heteroatoms. The van der Waals surface area contributed by atoms with Gasteiger partial charge in [0.25, 0.3) is 0 Å². The molecule has 0 N–H and O–H groups in total. The van der Waals surface area contributed by atoms with Crippen molar-refractivity contribution < 1.29 is 0 Å². The van der Waals surface area contributed by atoms with Gasteiger partial charge >= 0.3 is 0 Å². The van der Waals surface area contributed by atoms with E-state index in [-0.39, 0.29) is 0 Å². The van der Waals surface area contributed by atoms with E-state index in [1.54, 1.807) is 0 Å². The average molecular weight is 701 g/mol. The molecule has 0 atom stereocenters. The van der Waals surface area contributed by atoms with Gasteiger partial charge in [-0.05, 0) is 103 Å². The first-order valence-electron chi connectivity index (χ1n) is 18.6. The van der Waals surface area contributed by atoms with Gasteiger partial charge in [-0.25, -0.2) is 9.97 Å². The quantitative estimate of drug-likeness (QED) is 0.183. The highest BCUT2D eigenvalue weighted by Crippen LogP contribution is 2.61. The fourth-order valence-corrected chi connectivity index (χ4v) is 8.96. The van der Waals surface area contributed by atoms with Crippen molar-refractivity contribution in [2.75, 3.05) is 0 Å². The Morgan fingerprint density at radius 1 is 0.291 bits per heavy atom. The zero-order valence-electron chi connectivity index (χ0n) is 29.8. The highest BCUT2D eigenvalue weighted by Gasteiger charge is 2.49. The molecule has 0 fully saturated rings. The second-order valence-corrected chi connectivity index (χ2v) is 14.2. The smallest absolute Gasteiger partial charge is 0.160 e. The molecule has 3 aromatic heterocycles. The Morgan fingerprint density at radius 3 is 1.25 bits per heavy atom. The summed E-state index contributed by atoms with van der Waals surface area (Å²) in [5.74, 6) is 0.669. The molecule has 6 aromatic carbocycles. The monoisotopic (exact) mass is 700 g/mol. The number of pyridine rings is 2. The summed E-state index contributed by atoms with van der Waals surface area (Å²) in [5.41, 5.74) is 18.9. The normalized spacial score (nSPS) is 12.9. The summed E-state index contributed by atoms with van der Waals surface area (Å²) < 4.78 is 0. The summed E-state index contributed by atoms with van der Waals surface area (Å²) >= 11 is 0. The van der Waals surface area contributed by atoms with Crippen LogP contribution in [0.15, 0.2) is 195 Å². The molecule has 0 amide bonds. The Labute approximate surface area is 319 Å². The summed E-state index contributed by atoms with van der Waals surface area (Å²) in [7, 11) is 0. The Balaban J connectivity index is 1.18. The average Bonchev–Trinajstić information content (AvgIpc) is 3.52. The first-order chi connectivity index (χ1) is 27.3. The standard InChI is InChI=1S/C51H32N4/c1-2-10-39-38(9-1)40-11-3-6-14-44(40)51(45-15-7-4-12-41(45)42-13-5-8-16-46(42)51)47-31-37(21-22-43(39)47)49-32-48(35-25-29-53-30-26-35)54-50(55-49)36-19-17-33(18-20-36)34-23-27-52-28-24-34/h1-32H. The molecular formula is C51H32N4. The number of aromatic nitrogens is 4. The Bertz CT molecular complexity index is 2870. The minimum absolute atomic E-state index is 0.569. The number of fused-ring (bicyclic) bond motifs is 12. The largest absolute Gasteiger partial charge is 0.265 e. The molecule has 0 bridgehead atoms. The predicted octanol–water partition coefficient (Wildman–Crippen LogP) is 11.9. The van der Waals surface area contributed by atoms with Crippen LogP contribution in [0.4, 0.5) is 0 Å². The molecule has 256 valence electrons. The molecule has 0 aliphatic heterocycles. The fourth-order valence-electron chi connectivity index (χ4n) is 8.96. The van der Waals surface area contributed by atoms with Gasteiger partial charge in [0.2, 0.25) is 0 Å². The zero-order chi connectivity index (χ0) is 36.3. The number of nitrogens with zero attached hydrogens (tertiary/aromatic N) is 4. The molecule has 0 saturated heterocycles. The van der Waals surface area contributed by atoms with Crippen LogP contribution in [0, 0.1) is 0 Å². The first kappa shape index (κ1) is 31.2. The van der Waals surface area contributed by atoms with Gasteiger partial charge < -0.3 is 0 Å². The Morgan fingerprint density at radius 2 is 0.691 bits per heavy atom. The van der Waals surface area contributed by atoms with Crippen molar-refractivity contribution in [1.82, 2.24) is 19.9 Å². The Kier molecular flexibility index (Phi) is 7.04. The lowest BCUT2D eigenvalue weighted by Crippen LogP contribution is -2.29. The molecule has 11 rings (SSSR count). The van der Waals surface area contributed by atoms with E-state index in [4.69, 9.17) is 9.97 Å². The van der Waals surface area contributed by atoms with Crippen LogP contribution in [-0.4, -0.2) is 19.9 Å². The predicted molar refractivity (Wildman–Crippen MR) is 221 cm³/mol. The van der Waals surface area contributed by atoms with E-state index in [2.05, 4.69) is 156 Å². The van der Waals surface area contributed by atoms with E-state index in [0.29, 0.717) is 5.82 Å². The van der Waals surface area contributed by atoms with Crippen LogP contribution in [0.25, 0.3) is 78.4 Å². The van der Waals surface area contributed by atoms with Gasteiger partial charge in [-0.1, -0.05) is 133 Å². The van der Waals surface area contributed by atoms with Crippen LogP contribution in [0.5, 0.6) is 0 Å². The molecular weight excluding hydrogens is 669 g/mol. The van der Waals surface area contributed by atoms with E-state index >= 15 is 0 Å². The van der Waals surface area contributed by atoms with E-state index in [1.807, 2.05) is 49.1 Å². The van der Waals surface area contributed by atoms with E-state index in [9.17, 15) is 0 Å². The molecule has 2 aliphatic carbocycles. The van der Waals surface area contributed by atoms with Crippen LogP contribution >= 0.6 is 0 Å². The molecule has 1 spiro atoms. The zero-order valence-corrected chi connectivity index (χ0v) is 29.8. The van der Waals surface area contributed by atoms with Gasteiger partial charge in [0.15, 0.2) is 5.82 Å². The van der Waals surface area contributed by atoms with Crippen LogP contribution in [0.1, 0.15) is 22.3 Å². The maximum absolute atomic E-state index is 5.33. The Hall–Kier alpha value is -7.30. The topological polar surface area (TPSA) is 51.6 Å². The second-order valence-electron chi connectivity index (χ2n) is 14.2. The highest BCUT2D eigenvalue weighted by atomic mass is 14.9. The van der Waals surface area contributed by atoms with Crippen molar-refractivity contribution >= 4 is 0 Å². The maximum Gasteiger partial charge on any atom is 0.160 e. The van der Waals surface area contributed by atoms with Gasteiger partial charge in [-0.2, -0.15) is 0 Å². The maximum atomic E-state index is 5.33. The van der Waals surface area contributed by atoms with Gasteiger partial charge in [0.05, 0.1) is 16.8 Å². The van der Waals surface area contributed by atoms with Gasteiger partial charge in [0.1, 0.15) is 0 Å².